The number of aliphatic imine (C=N–C) groups is 1. The lowest BCUT2D eigenvalue weighted by atomic mass is 10.1. The Balaban J connectivity index is 0.00000341. The normalized spacial score (nSPS) is 19.1. The second kappa shape index (κ2) is 12.2. The van der Waals surface area contributed by atoms with Crippen LogP contribution in [0.25, 0.3) is 0 Å². The first-order valence-corrected chi connectivity index (χ1v) is 10.7. The van der Waals surface area contributed by atoms with Crippen molar-refractivity contribution in [2.45, 2.75) is 25.4 Å². The number of nitrogens with one attached hydrogen (secondary N) is 1. The number of carbonyl (C=O) groups is 2. The molecule has 31 heavy (non-hydrogen) atoms. The van der Waals surface area contributed by atoms with Crippen LogP contribution < -0.4 is 5.32 Å². The summed E-state index contributed by atoms with van der Waals surface area (Å²) in [6, 6.07) is 7.75. The van der Waals surface area contributed by atoms with Crippen molar-refractivity contribution < 1.29 is 14.3 Å². The van der Waals surface area contributed by atoms with Crippen LogP contribution in [-0.2, 0) is 16.0 Å². The van der Waals surface area contributed by atoms with Gasteiger partial charge < -0.3 is 24.8 Å². The SMILES string of the molecule is CN=C(NCCc1cccc(C(=O)N(C)C)c1)N1CCN(C(=O)C2CCCO2)CC1.I. The number of piperazine rings is 1. The van der Waals surface area contributed by atoms with Gasteiger partial charge >= 0.3 is 0 Å². The molecular weight excluding hydrogens is 509 g/mol. The number of ether oxygens (including phenoxy) is 1. The second-order valence-corrected chi connectivity index (χ2v) is 7.94. The molecule has 1 unspecified atom stereocenters. The number of halogens is 1. The fraction of sp³-hybridized carbons (Fsp3) is 0.591. The zero-order chi connectivity index (χ0) is 21.5. The largest absolute Gasteiger partial charge is 0.368 e. The summed E-state index contributed by atoms with van der Waals surface area (Å²) in [4.78, 5) is 34.7. The molecule has 172 valence electrons. The lowest BCUT2D eigenvalue weighted by molar-refractivity contribution is -0.142. The fourth-order valence-electron chi connectivity index (χ4n) is 3.88. The van der Waals surface area contributed by atoms with Crippen LogP contribution in [0.4, 0.5) is 0 Å². The minimum Gasteiger partial charge on any atom is -0.368 e. The van der Waals surface area contributed by atoms with Gasteiger partial charge in [-0.2, -0.15) is 0 Å². The summed E-state index contributed by atoms with van der Waals surface area (Å²) in [7, 11) is 5.30. The van der Waals surface area contributed by atoms with Gasteiger partial charge in [0.05, 0.1) is 0 Å². The standard InChI is InChI=1S/C22H33N5O3.HI/c1-23-22(24-10-9-17-6-4-7-18(16-17)20(28)25(2)3)27-13-11-26(12-14-27)21(29)19-8-5-15-30-19;/h4,6-7,16,19H,5,8-15H2,1-3H3,(H,23,24);1H. The Kier molecular flexibility index (Phi) is 10.0. The predicted octanol–water partition coefficient (Wildman–Crippen LogP) is 1.45. The van der Waals surface area contributed by atoms with Crippen molar-refractivity contribution in [1.82, 2.24) is 20.0 Å². The van der Waals surface area contributed by atoms with E-state index in [1.54, 1.807) is 26.0 Å². The Morgan fingerprint density at radius 2 is 1.90 bits per heavy atom. The molecule has 1 aromatic rings. The lowest BCUT2D eigenvalue weighted by Crippen LogP contribution is -2.55. The molecule has 1 N–H and O–H groups in total. The molecule has 3 rings (SSSR count). The van der Waals surface area contributed by atoms with Gasteiger partial charge in [0.2, 0.25) is 0 Å². The Morgan fingerprint density at radius 3 is 2.52 bits per heavy atom. The van der Waals surface area contributed by atoms with Crippen LogP contribution in [0.3, 0.4) is 0 Å². The Labute approximate surface area is 202 Å². The van der Waals surface area contributed by atoms with E-state index in [1.807, 2.05) is 29.2 Å². The molecule has 2 amide bonds. The molecule has 2 fully saturated rings. The van der Waals surface area contributed by atoms with Gasteiger partial charge in [-0.15, -0.1) is 24.0 Å². The average Bonchev–Trinajstić information content (AvgIpc) is 3.31. The van der Waals surface area contributed by atoms with E-state index < -0.39 is 0 Å². The van der Waals surface area contributed by atoms with Crippen molar-refractivity contribution in [3.63, 3.8) is 0 Å². The predicted molar refractivity (Wildman–Crippen MR) is 132 cm³/mol. The van der Waals surface area contributed by atoms with Gasteiger partial charge in [-0.1, -0.05) is 12.1 Å². The quantitative estimate of drug-likeness (QED) is 0.346. The topological polar surface area (TPSA) is 77.5 Å². The van der Waals surface area contributed by atoms with Crippen molar-refractivity contribution >= 4 is 41.8 Å². The third kappa shape index (κ3) is 6.80. The monoisotopic (exact) mass is 543 g/mol. The number of guanidine groups is 1. The zero-order valence-corrected chi connectivity index (χ0v) is 21.0. The summed E-state index contributed by atoms with van der Waals surface area (Å²) in [6.07, 6.45) is 2.36. The van der Waals surface area contributed by atoms with E-state index >= 15 is 0 Å². The summed E-state index contributed by atoms with van der Waals surface area (Å²) in [5.41, 5.74) is 1.81. The molecule has 1 aromatic carbocycles. The molecule has 0 aromatic heterocycles. The summed E-state index contributed by atoms with van der Waals surface area (Å²) in [5.74, 6) is 0.984. The van der Waals surface area contributed by atoms with Gasteiger partial charge in [0.15, 0.2) is 5.96 Å². The van der Waals surface area contributed by atoms with E-state index in [9.17, 15) is 9.59 Å². The molecule has 9 heteroatoms. The van der Waals surface area contributed by atoms with Gasteiger partial charge in [0.1, 0.15) is 6.10 Å². The zero-order valence-electron chi connectivity index (χ0n) is 18.7. The lowest BCUT2D eigenvalue weighted by Gasteiger charge is -2.37. The van der Waals surface area contributed by atoms with Crippen molar-refractivity contribution in [3.8, 4) is 0 Å². The summed E-state index contributed by atoms with van der Waals surface area (Å²) in [5, 5.41) is 3.41. The van der Waals surface area contributed by atoms with Gasteiger partial charge in [-0.05, 0) is 37.0 Å². The summed E-state index contributed by atoms with van der Waals surface area (Å²) >= 11 is 0. The highest BCUT2D eigenvalue weighted by atomic mass is 127. The maximum atomic E-state index is 12.5. The van der Waals surface area contributed by atoms with Gasteiger partial charge in [0.25, 0.3) is 11.8 Å². The molecule has 1 atom stereocenters. The molecule has 2 saturated heterocycles. The number of rotatable bonds is 5. The highest BCUT2D eigenvalue weighted by molar-refractivity contribution is 14.0. The summed E-state index contributed by atoms with van der Waals surface area (Å²) in [6.45, 7) is 4.30. The van der Waals surface area contributed by atoms with Crippen molar-refractivity contribution in [2.75, 3.05) is 60.5 Å². The first-order chi connectivity index (χ1) is 14.5. The highest BCUT2D eigenvalue weighted by Crippen LogP contribution is 2.16. The minimum atomic E-state index is -0.246. The van der Waals surface area contributed by atoms with Crippen LogP contribution in [0.2, 0.25) is 0 Å². The van der Waals surface area contributed by atoms with Crippen molar-refractivity contribution in [3.05, 3.63) is 35.4 Å². The molecule has 0 spiro atoms. The first-order valence-electron chi connectivity index (χ1n) is 10.7. The van der Waals surface area contributed by atoms with Crippen LogP contribution >= 0.6 is 24.0 Å². The molecule has 8 nitrogen and oxygen atoms in total. The molecule has 2 heterocycles. The van der Waals surface area contributed by atoms with Gasteiger partial charge in [-0.25, -0.2) is 0 Å². The molecule has 2 aliphatic heterocycles. The van der Waals surface area contributed by atoms with Crippen LogP contribution in [0.5, 0.6) is 0 Å². The van der Waals surface area contributed by atoms with E-state index in [1.165, 1.54) is 0 Å². The minimum absolute atomic E-state index is 0. The molecule has 0 saturated carbocycles. The molecule has 2 aliphatic rings. The van der Waals surface area contributed by atoms with Crippen LogP contribution in [0, 0.1) is 0 Å². The van der Waals surface area contributed by atoms with E-state index in [2.05, 4.69) is 15.2 Å². The number of carbonyl (C=O) groups excluding carboxylic acids is 2. The Morgan fingerprint density at radius 1 is 1.19 bits per heavy atom. The highest BCUT2D eigenvalue weighted by Gasteiger charge is 2.30. The van der Waals surface area contributed by atoms with Crippen LogP contribution in [-0.4, -0.2) is 99.1 Å². The average molecular weight is 543 g/mol. The fourth-order valence-corrected chi connectivity index (χ4v) is 3.88. The molecular formula is C22H34IN5O3. The Bertz CT molecular complexity index is 772. The first kappa shape index (κ1) is 25.4. The van der Waals surface area contributed by atoms with Gasteiger partial charge in [-0.3, -0.25) is 14.6 Å². The third-order valence-electron chi connectivity index (χ3n) is 5.58. The van der Waals surface area contributed by atoms with Crippen molar-refractivity contribution in [2.24, 2.45) is 4.99 Å². The Hall–Kier alpha value is -1.88. The number of nitrogens with zero attached hydrogens (tertiary/aromatic N) is 4. The number of amides is 2. The maximum absolute atomic E-state index is 12.5. The van der Waals surface area contributed by atoms with Crippen molar-refractivity contribution in [1.29, 1.82) is 0 Å². The van der Waals surface area contributed by atoms with Crippen LogP contribution in [0.15, 0.2) is 29.3 Å². The van der Waals surface area contributed by atoms with E-state index in [4.69, 9.17) is 4.74 Å². The summed E-state index contributed by atoms with van der Waals surface area (Å²) < 4.78 is 5.53. The number of hydrogen-bond acceptors (Lipinski definition) is 4. The smallest absolute Gasteiger partial charge is 0.253 e. The molecule has 0 aliphatic carbocycles. The maximum Gasteiger partial charge on any atom is 0.253 e. The number of benzene rings is 1. The van der Waals surface area contributed by atoms with Gasteiger partial charge in [0, 0.05) is 66.0 Å². The van der Waals surface area contributed by atoms with E-state index in [-0.39, 0.29) is 41.9 Å². The van der Waals surface area contributed by atoms with E-state index in [0.29, 0.717) is 25.3 Å². The third-order valence-corrected chi connectivity index (χ3v) is 5.58. The molecule has 0 radical (unpaired) electrons. The van der Waals surface area contributed by atoms with Crippen LogP contribution in [0.1, 0.15) is 28.8 Å². The molecule has 0 bridgehead atoms. The number of hydrogen-bond donors (Lipinski definition) is 1. The van der Waals surface area contributed by atoms with E-state index in [0.717, 1.165) is 50.4 Å². The second-order valence-electron chi connectivity index (χ2n) is 7.94.